The summed E-state index contributed by atoms with van der Waals surface area (Å²) in [7, 11) is 0. The van der Waals surface area contributed by atoms with Crippen molar-refractivity contribution in [3.63, 3.8) is 0 Å². The van der Waals surface area contributed by atoms with Crippen LogP contribution in [-0.2, 0) is 0 Å². The van der Waals surface area contributed by atoms with Crippen LogP contribution < -0.4 is 0 Å². The van der Waals surface area contributed by atoms with Crippen LogP contribution in [-0.4, -0.2) is 5.78 Å². The molecular formula is C15H18O. The molecule has 0 atom stereocenters. The third kappa shape index (κ3) is 2.41. The molecule has 1 nitrogen and oxygen atoms in total. The van der Waals surface area contributed by atoms with E-state index in [1.165, 1.54) is 24.8 Å². The fraction of sp³-hybridized carbons (Fsp3) is 0.400. The largest absolute Gasteiger partial charge is 0.289 e. The van der Waals surface area contributed by atoms with E-state index in [2.05, 4.69) is 12.1 Å². The Morgan fingerprint density at radius 3 is 2.62 bits per heavy atom. The van der Waals surface area contributed by atoms with Gasteiger partial charge in [0.15, 0.2) is 5.78 Å². The summed E-state index contributed by atoms with van der Waals surface area (Å²) in [5.74, 6) is 0.820. The first-order valence-corrected chi connectivity index (χ1v) is 5.96. The van der Waals surface area contributed by atoms with Crippen molar-refractivity contribution in [2.75, 3.05) is 0 Å². The maximum absolute atomic E-state index is 11.9. The summed E-state index contributed by atoms with van der Waals surface area (Å²) in [6, 6.07) is 8.11. The number of hydrogen-bond donors (Lipinski definition) is 0. The molecule has 0 aromatic heterocycles. The van der Waals surface area contributed by atoms with Gasteiger partial charge in [0.25, 0.3) is 0 Å². The second-order valence-electron chi connectivity index (χ2n) is 4.84. The van der Waals surface area contributed by atoms with E-state index in [4.69, 9.17) is 0 Å². The lowest BCUT2D eigenvalue weighted by Crippen LogP contribution is -2.09. The van der Waals surface area contributed by atoms with E-state index in [9.17, 15) is 4.79 Å². The summed E-state index contributed by atoms with van der Waals surface area (Å²) in [6.45, 7) is 3.90. The SMILES string of the molecule is CC(C)=CC(=O)c1cccc(C2CCC2)c1. The third-order valence-electron chi connectivity index (χ3n) is 3.17. The molecule has 0 saturated heterocycles. The summed E-state index contributed by atoms with van der Waals surface area (Å²) in [6.07, 6.45) is 5.59. The average Bonchev–Trinajstić information content (AvgIpc) is 2.14. The fourth-order valence-electron chi connectivity index (χ4n) is 2.03. The average molecular weight is 214 g/mol. The lowest BCUT2D eigenvalue weighted by atomic mass is 9.79. The van der Waals surface area contributed by atoms with Gasteiger partial charge in [-0.25, -0.2) is 0 Å². The number of allylic oxidation sites excluding steroid dienone is 2. The molecule has 1 aromatic rings. The van der Waals surface area contributed by atoms with E-state index in [-0.39, 0.29) is 5.78 Å². The van der Waals surface area contributed by atoms with Crippen molar-refractivity contribution in [1.29, 1.82) is 0 Å². The standard InChI is InChI=1S/C15H18O/c1-11(2)9-15(16)14-8-4-7-13(10-14)12-5-3-6-12/h4,7-10,12H,3,5-6H2,1-2H3. The predicted molar refractivity (Wildman–Crippen MR) is 66.8 cm³/mol. The van der Waals surface area contributed by atoms with Crippen LogP contribution in [0.2, 0.25) is 0 Å². The highest BCUT2D eigenvalue weighted by Gasteiger charge is 2.19. The molecule has 0 N–H and O–H groups in total. The molecule has 2 rings (SSSR count). The Hall–Kier alpha value is -1.37. The number of hydrogen-bond acceptors (Lipinski definition) is 1. The van der Waals surface area contributed by atoms with Crippen LogP contribution >= 0.6 is 0 Å². The summed E-state index contributed by atoms with van der Waals surface area (Å²) in [5.41, 5.74) is 3.21. The van der Waals surface area contributed by atoms with Gasteiger partial charge < -0.3 is 0 Å². The van der Waals surface area contributed by atoms with Gasteiger partial charge in [-0.3, -0.25) is 4.79 Å². The van der Waals surface area contributed by atoms with Gasteiger partial charge in [0, 0.05) is 5.56 Å². The van der Waals surface area contributed by atoms with Crippen LogP contribution in [0.3, 0.4) is 0 Å². The molecule has 0 radical (unpaired) electrons. The highest BCUT2D eigenvalue weighted by atomic mass is 16.1. The second kappa shape index (κ2) is 4.65. The van der Waals surface area contributed by atoms with Gasteiger partial charge >= 0.3 is 0 Å². The number of benzene rings is 1. The Morgan fingerprint density at radius 2 is 2.06 bits per heavy atom. The lowest BCUT2D eigenvalue weighted by molar-refractivity contribution is 0.104. The maximum atomic E-state index is 11.9. The quantitative estimate of drug-likeness (QED) is 0.547. The number of carbonyl (C=O) groups is 1. The Kier molecular flexibility index (Phi) is 3.23. The van der Waals surface area contributed by atoms with Crippen LogP contribution in [0.4, 0.5) is 0 Å². The van der Waals surface area contributed by atoms with E-state index < -0.39 is 0 Å². The Balaban J connectivity index is 2.21. The zero-order chi connectivity index (χ0) is 11.5. The topological polar surface area (TPSA) is 17.1 Å². The van der Waals surface area contributed by atoms with Gasteiger partial charge in [-0.05, 0) is 50.3 Å². The van der Waals surface area contributed by atoms with Gasteiger partial charge in [-0.1, -0.05) is 30.2 Å². The Bertz CT molecular complexity index is 421. The van der Waals surface area contributed by atoms with E-state index in [0.29, 0.717) is 5.92 Å². The predicted octanol–water partition coefficient (Wildman–Crippen LogP) is 4.10. The van der Waals surface area contributed by atoms with Crippen LogP contribution in [0.15, 0.2) is 35.9 Å². The van der Waals surface area contributed by atoms with E-state index >= 15 is 0 Å². The highest BCUT2D eigenvalue weighted by Crippen LogP contribution is 2.36. The third-order valence-corrected chi connectivity index (χ3v) is 3.17. The van der Waals surface area contributed by atoms with Gasteiger partial charge in [0.2, 0.25) is 0 Å². The first kappa shape index (κ1) is 11.1. The molecule has 16 heavy (non-hydrogen) atoms. The Labute approximate surface area is 97.2 Å². The summed E-state index contributed by atoms with van der Waals surface area (Å²) >= 11 is 0. The molecule has 1 heteroatoms. The number of ketones is 1. The van der Waals surface area contributed by atoms with Crippen LogP contribution in [0.25, 0.3) is 0 Å². The first-order chi connectivity index (χ1) is 7.66. The van der Waals surface area contributed by atoms with Crippen molar-refractivity contribution in [2.45, 2.75) is 39.0 Å². The minimum absolute atomic E-state index is 0.126. The maximum Gasteiger partial charge on any atom is 0.185 e. The van der Waals surface area contributed by atoms with Crippen molar-refractivity contribution in [3.8, 4) is 0 Å². The molecule has 0 bridgehead atoms. The fourth-order valence-corrected chi connectivity index (χ4v) is 2.03. The molecular weight excluding hydrogens is 196 g/mol. The molecule has 0 heterocycles. The summed E-state index contributed by atoms with van der Waals surface area (Å²) < 4.78 is 0. The molecule has 1 aromatic carbocycles. The zero-order valence-corrected chi connectivity index (χ0v) is 9.99. The molecule has 0 amide bonds. The van der Waals surface area contributed by atoms with E-state index in [0.717, 1.165) is 11.1 Å². The van der Waals surface area contributed by atoms with Crippen LogP contribution in [0, 0.1) is 0 Å². The summed E-state index contributed by atoms with van der Waals surface area (Å²) in [4.78, 5) is 11.9. The van der Waals surface area contributed by atoms with Crippen molar-refractivity contribution in [2.24, 2.45) is 0 Å². The van der Waals surface area contributed by atoms with Crippen molar-refractivity contribution in [3.05, 3.63) is 47.0 Å². The molecule has 0 aliphatic heterocycles. The second-order valence-corrected chi connectivity index (χ2v) is 4.84. The lowest BCUT2D eigenvalue weighted by Gasteiger charge is -2.25. The monoisotopic (exact) mass is 214 g/mol. The molecule has 1 aliphatic rings. The molecule has 1 saturated carbocycles. The van der Waals surface area contributed by atoms with Crippen molar-refractivity contribution < 1.29 is 4.79 Å². The molecule has 1 fully saturated rings. The molecule has 0 unspecified atom stereocenters. The number of carbonyl (C=O) groups excluding carboxylic acids is 1. The van der Waals surface area contributed by atoms with Gasteiger partial charge in [-0.15, -0.1) is 0 Å². The molecule has 1 aliphatic carbocycles. The van der Waals surface area contributed by atoms with E-state index in [1.807, 2.05) is 26.0 Å². The summed E-state index contributed by atoms with van der Waals surface area (Å²) in [5, 5.41) is 0. The van der Waals surface area contributed by atoms with Gasteiger partial charge in [0.1, 0.15) is 0 Å². The smallest absolute Gasteiger partial charge is 0.185 e. The zero-order valence-electron chi connectivity index (χ0n) is 9.99. The number of rotatable bonds is 3. The first-order valence-electron chi connectivity index (χ1n) is 5.96. The van der Waals surface area contributed by atoms with Gasteiger partial charge in [0.05, 0.1) is 0 Å². The van der Waals surface area contributed by atoms with Crippen LogP contribution in [0.1, 0.15) is 54.9 Å². The van der Waals surface area contributed by atoms with Crippen LogP contribution in [0.5, 0.6) is 0 Å². The Morgan fingerprint density at radius 1 is 1.31 bits per heavy atom. The van der Waals surface area contributed by atoms with E-state index in [1.54, 1.807) is 6.08 Å². The van der Waals surface area contributed by atoms with Crippen molar-refractivity contribution in [1.82, 2.24) is 0 Å². The minimum Gasteiger partial charge on any atom is -0.289 e. The molecule has 84 valence electrons. The molecule has 0 spiro atoms. The highest BCUT2D eigenvalue weighted by molar-refractivity contribution is 6.04. The van der Waals surface area contributed by atoms with Gasteiger partial charge in [-0.2, -0.15) is 0 Å². The van der Waals surface area contributed by atoms with Crippen molar-refractivity contribution >= 4 is 5.78 Å². The normalized spacial score (nSPS) is 15.4. The minimum atomic E-state index is 0.126.